The molecule has 0 aliphatic carbocycles. The molecular weight excluding hydrogens is 447 g/mol. The van der Waals surface area contributed by atoms with E-state index in [9.17, 15) is 27.9 Å². The second kappa shape index (κ2) is 9.21. The zero-order chi connectivity index (χ0) is 24.5. The fourth-order valence-corrected chi connectivity index (χ4v) is 4.29. The Morgan fingerprint density at radius 1 is 1.03 bits per heavy atom. The highest BCUT2D eigenvalue weighted by Crippen LogP contribution is 2.40. The number of hydrogen-bond donors (Lipinski definition) is 1. The standard InChI is InChI=1S/C26H22F3NO4/c1-16(17-2-4-18(5-3-17)22-11-10-21(28)14-23(22)29)30-13-12-26(15-24(31)32,34-25(30)33)19-6-8-20(27)9-7-19/h2-11,14,16H,12-13,15H2,1H3,(H,31,32)/t16-,26?/m0/s1. The monoisotopic (exact) mass is 469 g/mol. The van der Waals surface area contributed by atoms with E-state index in [1.807, 2.05) is 0 Å². The van der Waals surface area contributed by atoms with Gasteiger partial charge in [-0.05, 0) is 47.9 Å². The number of carboxylic acids is 1. The van der Waals surface area contributed by atoms with Crippen LogP contribution >= 0.6 is 0 Å². The first-order chi connectivity index (χ1) is 16.2. The number of halogens is 3. The molecule has 2 atom stereocenters. The predicted molar refractivity (Wildman–Crippen MR) is 118 cm³/mol. The zero-order valence-electron chi connectivity index (χ0n) is 18.3. The molecule has 0 spiro atoms. The molecular formula is C26H22F3NO4. The van der Waals surface area contributed by atoms with Crippen LogP contribution in [0.1, 0.15) is 36.9 Å². The van der Waals surface area contributed by atoms with Gasteiger partial charge in [-0.1, -0.05) is 36.4 Å². The van der Waals surface area contributed by atoms with Crippen molar-refractivity contribution in [2.45, 2.75) is 31.4 Å². The Bertz CT molecular complexity index is 1210. The molecule has 1 aliphatic rings. The molecule has 1 N–H and O–H groups in total. The van der Waals surface area contributed by atoms with Crippen LogP contribution in [0.15, 0.2) is 66.7 Å². The molecule has 1 fully saturated rings. The Morgan fingerprint density at radius 3 is 2.26 bits per heavy atom. The third-order valence-corrected chi connectivity index (χ3v) is 6.18. The molecule has 3 aromatic carbocycles. The average Bonchev–Trinajstić information content (AvgIpc) is 2.79. The van der Waals surface area contributed by atoms with Crippen molar-refractivity contribution in [2.75, 3.05) is 6.54 Å². The summed E-state index contributed by atoms with van der Waals surface area (Å²) in [5.74, 6) is -2.94. The smallest absolute Gasteiger partial charge is 0.411 e. The lowest BCUT2D eigenvalue weighted by Crippen LogP contribution is -2.49. The maximum Gasteiger partial charge on any atom is 0.411 e. The number of rotatable bonds is 6. The second-order valence-electron chi connectivity index (χ2n) is 8.31. The predicted octanol–water partition coefficient (Wildman–Crippen LogP) is 6.04. The molecule has 4 rings (SSSR count). The highest BCUT2D eigenvalue weighted by atomic mass is 19.1. The number of nitrogens with zero attached hydrogens (tertiary/aromatic N) is 1. The van der Waals surface area contributed by atoms with Gasteiger partial charge in [0.05, 0.1) is 12.5 Å². The maximum absolute atomic E-state index is 14.1. The number of ether oxygens (including phenoxy) is 1. The Labute approximate surface area is 194 Å². The molecule has 0 radical (unpaired) electrons. The minimum absolute atomic E-state index is 0.208. The molecule has 34 heavy (non-hydrogen) atoms. The summed E-state index contributed by atoms with van der Waals surface area (Å²) in [6.07, 6.45) is -0.914. The van der Waals surface area contributed by atoms with Crippen molar-refractivity contribution in [1.29, 1.82) is 0 Å². The van der Waals surface area contributed by atoms with Crippen molar-refractivity contribution in [1.82, 2.24) is 4.90 Å². The van der Waals surface area contributed by atoms with Gasteiger partial charge < -0.3 is 14.7 Å². The van der Waals surface area contributed by atoms with E-state index >= 15 is 0 Å². The topological polar surface area (TPSA) is 66.8 Å². The van der Waals surface area contributed by atoms with Crippen LogP contribution in [0.4, 0.5) is 18.0 Å². The normalized spacial score (nSPS) is 18.9. The van der Waals surface area contributed by atoms with Gasteiger partial charge in [0.25, 0.3) is 0 Å². The lowest BCUT2D eigenvalue weighted by Gasteiger charge is -2.42. The Morgan fingerprint density at radius 2 is 1.68 bits per heavy atom. The van der Waals surface area contributed by atoms with Crippen LogP contribution in [-0.4, -0.2) is 28.6 Å². The van der Waals surface area contributed by atoms with E-state index in [1.165, 1.54) is 41.3 Å². The number of hydrogen-bond acceptors (Lipinski definition) is 3. The molecule has 0 aromatic heterocycles. The average molecular weight is 469 g/mol. The first kappa shape index (κ1) is 23.4. The molecule has 176 valence electrons. The summed E-state index contributed by atoms with van der Waals surface area (Å²) in [6, 6.07) is 15.1. The van der Waals surface area contributed by atoms with Crippen LogP contribution < -0.4 is 0 Å². The third-order valence-electron chi connectivity index (χ3n) is 6.18. The fraction of sp³-hybridized carbons (Fsp3) is 0.231. The van der Waals surface area contributed by atoms with E-state index in [4.69, 9.17) is 4.74 Å². The molecule has 3 aromatic rings. The number of cyclic esters (lactones) is 1. The number of amides is 1. The van der Waals surface area contributed by atoms with Crippen molar-refractivity contribution in [3.8, 4) is 11.1 Å². The lowest BCUT2D eigenvalue weighted by atomic mass is 9.85. The van der Waals surface area contributed by atoms with E-state index in [0.717, 1.165) is 11.6 Å². The minimum atomic E-state index is -1.39. The van der Waals surface area contributed by atoms with Gasteiger partial charge >= 0.3 is 12.1 Å². The molecule has 0 saturated carbocycles. The van der Waals surface area contributed by atoms with Crippen molar-refractivity contribution >= 4 is 12.1 Å². The summed E-state index contributed by atoms with van der Waals surface area (Å²) in [5, 5.41) is 9.41. The van der Waals surface area contributed by atoms with Crippen LogP contribution in [0.2, 0.25) is 0 Å². The molecule has 1 amide bonds. The zero-order valence-corrected chi connectivity index (χ0v) is 18.3. The van der Waals surface area contributed by atoms with Gasteiger partial charge in [0, 0.05) is 24.6 Å². The van der Waals surface area contributed by atoms with Crippen LogP contribution in [0.5, 0.6) is 0 Å². The van der Waals surface area contributed by atoms with Crippen molar-refractivity contribution < 1.29 is 32.6 Å². The third kappa shape index (κ3) is 4.62. The summed E-state index contributed by atoms with van der Waals surface area (Å²) >= 11 is 0. The van der Waals surface area contributed by atoms with E-state index in [0.29, 0.717) is 11.1 Å². The van der Waals surface area contributed by atoms with E-state index in [1.54, 1.807) is 31.2 Å². The molecule has 1 unspecified atom stereocenters. The number of aliphatic carboxylic acids is 1. The summed E-state index contributed by atoms with van der Waals surface area (Å²) in [5.41, 5.74) is 0.608. The number of carbonyl (C=O) groups is 2. The summed E-state index contributed by atoms with van der Waals surface area (Å²) < 4.78 is 46.3. The lowest BCUT2D eigenvalue weighted by molar-refractivity contribution is -0.146. The number of carboxylic acid groups (broad SMARTS) is 1. The summed E-state index contributed by atoms with van der Waals surface area (Å²) in [6.45, 7) is 2.02. The molecule has 5 nitrogen and oxygen atoms in total. The van der Waals surface area contributed by atoms with Gasteiger partial charge in [-0.15, -0.1) is 0 Å². The minimum Gasteiger partial charge on any atom is -0.481 e. The van der Waals surface area contributed by atoms with Crippen molar-refractivity contribution in [3.63, 3.8) is 0 Å². The van der Waals surface area contributed by atoms with E-state index in [2.05, 4.69) is 0 Å². The number of benzene rings is 3. The van der Waals surface area contributed by atoms with Crippen molar-refractivity contribution in [2.24, 2.45) is 0 Å². The summed E-state index contributed by atoms with van der Waals surface area (Å²) in [4.78, 5) is 26.0. The molecule has 1 saturated heterocycles. The van der Waals surface area contributed by atoms with E-state index in [-0.39, 0.29) is 18.5 Å². The molecule has 8 heteroatoms. The van der Waals surface area contributed by atoms with Gasteiger partial charge in [0.2, 0.25) is 0 Å². The molecule has 1 heterocycles. The molecule has 1 aliphatic heterocycles. The Balaban J connectivity index is 1.54. The highest BCUT2D eigenvalue weighted by molar-refractivity contribution is 5.73. The van der Waals surface area contributed by atoms with E-state index < -0.39 is 47.6 Å². The Hall–Kier alpha value is -3.81. The van der Waals surface area contributed by atoms with Crippen LogP contribution in [0.25, 0.3) is 11.1 Å². The van der Waals surface area contributed by atoms with Crippen LogP contribution in [0.3, 0.4) is 0 Å². The SMILES string of the molecule is C[C@@H](c1ccc(-c2ccc(F)cc2F)cc1)N1CCC(CC(=O)O)(c2ccc(F)cc2)OC1=O. The summed E-state index contributed by atoms with van der Waals surface area (Å²) in [7, 11) is 0. The fourth-order valence-electron chi connectivity index (χ4n) is 4.29. The van der Waals surface area contributed by atoms with Gasteiger partial charge in [-0.2, -0.15) is 0 Å². The number of carbonyl (C=O) groups excluding carboxylic acids is 1. The highest BCUT2D eigenvalue weighted by Gasteiger charge is 2.45. The Kier molecular flexibility index (Phi) is 6.32. The largest absolute Gasteiger partial charge is 0.481 e. The van der Waals surface area contributed by atoms with Gasteiger partial charge in [-0.25, -0.2) is 18.0 Å². The van der Waals surface area contributed by atoms with Crippen molar-refractivity contribution in [3.05, 3.63) is 95.3 Å². The van der Waals surface area contributed by atoms with Gasteiger partial charge in [-0.3, -0.25) is 4.79 Å². The maximum atomic E-state index is 14.1. The van der Waals surface area contributed by atoms with Crippen LogP contribution in [-0.2, 0) is 15.1 Å². The first-order valence-electron chi connectivity index (χ1n) is 10.7. The molecule has 0 bridgehead atoms. The first-order valence-corrected chi connectivity index (χ1v) is 10.7. The quantitative estimate of drug-likeness (QED) is 0.478. The second-order valence-corrected chi connectivity index (χ2v) is 8.31. The van der Waals surface area contributed by atoms with Gasteiger partial charge in [0.15, 0.2) is 5.60 Å². The van der Waals surface area contributed by atoms with Gasteiger partial charge in [0.1, 0.15) is 17.5 Å². The van der Waals surface area contributed by atoms with Crippen LogP contribution in [0, 0.1) is 17.5 Å².